The van der Waals surface area contributed by atoms with Crippen LogP contribution in [0.25, 0.3) is 0 Å². The van der Waals surface area contributed by atoms with E-state index in [1.54, 1.807) is 4.57 Å². The molecule has 0 spiro atoms. The molecule has 1 amide bonds. The zero-order chi connectivity index (χ0) is 21.1. The number of benzene rings is 1. The first-order chi connectivity index (χ1) is 15.1. The van der Waals surface area contributed by atoms with Crippen molar-refractivity contribution < 1.29 is 4.79 Å². The maximum Gasteiger partial charge on any atom is 0.308 e. The molecule has 2 bridgehead atoms. The minimum Gasteiger partial charge on any atom is -0.325 e. The van der Waals surface area contributed by atoms with E-state index in [2.05, 4.69) is 22.8 Å². The maximum absolute atomic E-state index is 13.0. The molecule has 2 saturated carbocycles. The van der Waals surface area contributed by atoms with Crippen LogP contribution < -0.4 is 10.2 Å². The van der Waals surface area contributed by atoms with Crippen LogP contribution in [-0.4, -0.2) is 15.7 Å². The average Bonchev–Trinajstić information content (AvgIpc) is 3.54. The average molecular weight is 469 g/mol. The Morgan fingerprint density at radius 1 is 1.16 bits per heavy atom. The summed E-state index contributed by atoms with van der Waals surface area (Å²) in [5.41, 5.74) is 1.92. The van der Waals surface area contributed by atoms with Crippen LogP contribution in [0.5, 0.6) is 0 Å². The summed E-state index contributed by atoms with van der Waals surface area (Å²) >= 11 is 5.06. The van der Waals surface area contributed by atoms with Gasteiger partial charge in [-0.25, -0.2) is 0 Å². The Hall–Kier alpha value is -1.83. The zero-order valence-electron chi connectivity index (χ0n) is 17.2. The van der Waals surface area contributed by atoms with Crippen LogP contribution >= 0.6 is 34.4 Å². The fraction of sp³-hybridized carbons (Fsp3) is 0.417. The van der Waals surface area contributed by atoms with Crippen molar-refractivity contribution in [2.75, 3.05) is 5.32 Å². The van der Waals surface area contributed by atoms with Gasteiger partial charge >= 0.3 is 4.87 Å². The van der Waals surface area contributed by atoms with Crippen molar-refractivity contribution in [3.8, 4) is 0 Å². The van der Waals surface area contributed by atoms with Crippen molar-refractivity contribution in [3.63, 3.8) is 0 Å². The van der Waals surface area contributed by atoms with Crippen LogP contribution in [0.2, 0.25) is 0 Å². The van der Waals surface area contributed by atoms with Gasteiger partial charge in [-0.1, -0.05) is 35.1 Å². The van der Waals surface area contributed by atoms with E-state index in [1.165, 1.54) is 40.4 Å². The highest BCUT2D eigenvalue weighted by Crippen LogP contribution is 2.64. The molecule has 6 rings (SSSR count). The number of thiazole rings is 1. The summed E-state index contributed by atoms with van der Waals surface area (Å²) in [6.45, 7) is 2.10. The van der Waals surface area contributed by atoms with Gasteiger partial charge in [-0.3, -0.25) is 14.2 Å². The number of nitrogens with one attached hydrogen (secondary N) is 1. The molecular weight excluding hydrogens is 444 g/mol. The highest BCUT2D eigenvalue weighted by molar-refractivity contribution is 8.00. The van der Waals surface area contributed by atoms with Gasteiger partial charge in [-0.15, -0.1) is 23.1 Å². The van der Waals surface area contributed by atoms with Crippen LogP contribution in [-0.2, 0) is 11.3 Å². The molecule has 2 aliphatic carbocycles. The van der Waals surface area contributed by atoms with E-state index in [0.717, 1.165) is 28.1 Å². The summed E-state index contributed by atoms with van der Waals surface area (Å²) in [6, 6.07) is 12.1. The molecule has 3 heterocycles. The van der Waals surface area contributed by atoms with Crippen molar-refractivity contribution in [1.29, 1.82) is 0 Å². The molecule has 1 aromatic carbocycles. The molecule has 31 heavy (non-hydrogen) atoms. The van der Waals surface area contributed by atoms with Gasteiger partial charge in [-0.05, 0) is 67.5 Å². The number of hydrogen-bond acceptors (Lipinski definition) is 5. The molecule has 1 aliphatic heterocycles. The van der Waals surface area contributed by atoms with Gasteiger partial charge in [0.2, 0.25) is 5.91 Å². The Labute approximate surface area is 193 Å². The normalized spacial score (nSPS) is 28.4. The van der Waals surface area contributed by atoms with Gasteiger partial charge in [0, 0.05) is 26.6 Å². The van der Waals surface area contributed by atoms with Crippen LogP contribution in [0.3, 0.4) is 0 Å². The molecule has 3 aliphatic rings. The predicted molar refractivity (Wildman–Crippen MR) is 129 cm³/mol. The number of carbonyl (C=O) groups is 1. The Balaban J connectivity index is 1.34. The lowest BCUT2D eigenvalue weighted by Gasteiger charge is -2.40. The summed E-state index contributed by atoms with van der Waals surface area (Å²) in [5.74, 6) is 2.33. The molecule has 160 valence electrons. The maximum atomic E-state index is 13.0. The highest BCUT2D eigenvalue weighted by atomic mass is 32.2. The number of hydrogen-bond donors (Lipinski definition) is 1. The van der Waals surface area contributed by atoms with E-state index in [4.69, 9.17) is 0 Å². The van der Waals surface area contributed by atoms with E-state index in [0.29, 0.717) is 17.1 Å². The first-order valence-electron chi connectivity index (χ1n) is 10.9. The van der Waals surface area contributed by atoms with Crippen molar-refractivity contribution in [2.45, 2.75) is 48.9 Å². The lowest BCUT2D eigenvalue weighted by atomic mass is 9.77. The molecule has 2 aromatic heterocycles. The van der Waals surface area contributed by atoms with Gasteiger partial charge in [0.25, 0.3) is 0 Å². The highest BCUT2D eigenvalue weighted by Gasteiger charge is 2.55. The quantitative estimate of drug-likeness (QED) is 0.545. The van der Waals surface area contributed by atoms with Crippen molar-refractivity contribution in [2.24, 2.45) is 17.8 Å². The van der Waals surface area contributed by atoms with Crippen molar-refractivity contribution >= 4 is 46.0 Å². The third-order valence-corrected chi connectivity index (χ3v) is 11.0. The predicted octanol–water partition coefficient (Wildman–Crippen LogP) is 5.57. The molecule has 0 saturated heterocycles. The van der Waals surface area contributed by atoms with Crippen molar-refractivity contribution in [1.82, 2.24) is 4.57 Å². The van der Waals surface area contributed by atoms with Crippen molar-refractivity contribution in [3.05, 3.63) is 66.8 Å². The molecule has 1 N–H and O–H groups in total. The second-order valence-electron chi connectivity index (χ2n) is 9.02. The van der Waals surface area contributed by atoms with Gasteiger partial charge < -0.3 is 5.32 Å². The molecule has 4 nitrogen and oxygen atoms in total. The van der Waals surface area contributed by atoms with Gasteiger partial charge in [0.1, 0.15) is 6.54 Å². The first kappa shape index (κ1) is 19.8. The molecule has 7 heteroatoms. The Morgan fingerprint density at radius 3 is 2.74 bits per heavy atom. The third kappa shape index (κ3) is 3.33. The standard InChI is InChI=1S/C24H24N2O2S3/c1-13-4-8-16(9-5-13)25-18(27)12-26-23-22(31-24(26)28)20(17-3-2-10-29-17)19-14-6-7-15(11-14)21(19)30-23/h2-5,8-10,14-15,19-21H,6-7,11-12H2,1H3,(H,25,27)/t14-,15+,19+,20+,21+/m1/s1. The zero-order valence-corrected chi connectivity index (χ0v) is 19.7. The number of thiophene rings is 1. The number of fused-ring (bicyclic) bond motifs is 6. The van der Waals surface area contributed by atoms with E-state index < -0.39 is 0 Å². The molecular formula is C24H24N2O2S3. The largest absolute Gasteiger partial charge is 0.325 e. The summed E-state index contributed by atoms with van der Waals surface area (Å²) in [5, 5.41) is 6.71. The first-order valence-corrected chi connectivity index (χ1v) is 13.5. The fourth-order valence-electron chi connectivity index (χ4n) is 5.85. The van der Waals surface area contributed by atoms with Crippen LogP contribution in [0.1, 0.15) is 40.5 Å². The van der Waals surface area contributed by atoms with E-state index >= 15 is 0 Å². The second-order valence-corrected chi connectivity index (χ2v) is 12.2. The van der Waals surface area contributed by atoms with Gasteiger partial charge in [0.05, 0.1) is 5.03 Å². The molecule has 0 unspecified atom stereocenters. The molecule has 5 atom stereocenters. The number of aryl methyl sites for hydroxylation is 1. The number of nitrogens with zero attached hydrogens (tertiary/aromatic N) is 1. The van der Waals surface area contributed by atoms with Gasteiger partial charge in [-0.2, -0.15) is 0 Å². The number of aromatic nitrogens is 1. The number of carbonyl (C=O) groups excluding carboxylic acids is 1. The minimum absolute atomic E-state index is 0.00886. The Bertz CT molecular complexity index is 1180. The molecule has 3 aromatic rings. The minimum atomic E-state index is -0.144. The summed E-state index contributed by atoms with van der Waals surface area (Å²) in [6.07, 6.45) is 3.98. The van der Waals surface area contributed by atoms with Gasteiger partial charge in [0.15, 0.2) is 0 Å². The number of amides is 1. The van der Waals surface area contributed by atoms with Crippen LogP contribution in [0, 0.1) is 24.7 Å². The number of anilines is 1. The van der Waals surface area contributed by atoms with E-state index in [1.807, 2.05) is 54.3 Å². The Kier molecular flexibility index (Phi) is 4.89. The lowest BCUT2D eigenvalue weighted by Crippen LogP contribution is -2.34. The number of rotatable bonds is 4. The third-order valence-electron chi connectivity index (χ3n) is 7.18. The topological polar surface area (TPSA) is 51.1 Å². The second kappa shape index (κ2) is 7.64. The van der Waals surface area contributed by atoms with E-state index in [-0.39, 0.29) is 17.3 Å². The summed E-state index contributed by atoms with van der Waals surface area (Å²) in [7, 11) is 0. The van der Waals surface area contributed by atoms with Crippen LogP contribution in [0.4, 0.5) is 5.69 Å². The summed E-state index contributed by atoms with van der Waals surface area (Å²) < 4.78 is 1.73. The summed E-state index contributed by atoms with van der Waals surface area (Å²) in [4.78, 5) is 28.4. The monoisotopic (exact) mass is 468 g/mol. The van der Waals surface area contributed by atoms with E-state index in [9.17, 15) is 9.59 Å². The molecule has 0 radical (unpaired) electrons. The molecule has 2 fully saturated rings. The fourth-order valence-corrected chi connectivity index (χ4v) is 9.96. The number of thioether (sulfide) groups is 1. The van der Waals surface area contributed by atoms with Crippen LogP contribution in [0.15, 0.2) is 51.6 Å². The lowest BCUT2D eigenvalue weighted by molar-refractivity contribution is -0.116. The SMILES string of the molecule is Cc1ccc(NC(=O)Cn2c3c(sc2=O)[C@@H](c2cccs2)[C@@H]2[C@@H]4CC[C@@H](C4)[C@@H]2S3)cc1. The Morgan fingerprint density at radius 2 is 1.97 bits per heavy atom. The smallest absolute Gasteiger partial charge is 0.308 e.